The third-order valence-electron chi connectivity index (χ3n) is 14.0. The van der Waals surface area contributed by atoms with Gasteiger partial charge in [0.2, 0.25) is 14.7 Å². The molecule has 0 spiro atoms. The van der Waals surface area contributed by atoms with Crippen molar-refractivity contribution in [3.63, 3.8) is 0 Å². The highest BCUT2D eigenvalue weighted by Gasteiger charge is 2.52. The Morgan fingerprint density at radius 1 is 0.202 bits per heavy atom. The van der Waals surface area contributed by atoms with Gasteiger partial charge in [0.05, 0.1) is 0 Å². The van der Waals surface area contributed by atoms with Crippen molar-refractivity contribution in [2.24, 2.45) is 0 Å². The molecule has 0 atom stereocenters. The van der Waals surface area contributed by atoms with Crippen LogP contribution in [0.15, 0.2) is 178 Å². The number of rotatable bonds is 22. The molecule has 0 N–H and O–H groups in total. The van der Waals surface area contributed by atoms with Crippen LogP contribution >= 0.6 is 0 Å². The van der Waals surface area contributed by atoms with Crippen molar-refractivity contribution in [3.8, 4) is 34.5 Å². The number of benzene rings is 10. The molecular formula is C66H39BF20O6S. The number of hydrogen-bond acceptors (Lipinski definition) is 6. The van der Waals surface area contributed by atoms with Gasteiger partial charge in [-0.25, -0.2) is 87.8 Å². The molecule has 28 heteroatoms. The molecule has 10 aromatic carbocycles. The molecule has 0 bridgehead atoms. The summed E-state index contributed by atoms with van der Waals surface area (Å²) in [5, 5.41) is 0. The lowest BCUT2D eigenvalue weighted by molar-refractivity contribution is 0.212. The maximum Gasteiger partial charge on any atom is 0.208 e. The van der Waals surface area contributed by atoms with E-state index in [1.807, 2.05) is 146 Å². The maximum atomic E-state index is 15.4. The Kier molecular flexibility index (Phi) is 21.6. The average molecular weight is 1350 g/mol. The summed E-state index contributed by atoms with van der Waals surface area (Å²) < 4.78 is 331. The molecule has 10 aromatic rings. The second-order valence-electron chi connectivity index (χ2n) is 19.5. The van der Waals surface area contributed by atoms with Gasteiger partial charge < -0.3 is 28.4 Å². The standard InChI is InChI=1S/C42H39O6S.C24BF20/c1-4-16-34(17-5-1)43-28-31-46-37-22-10-13-25-40(37)49(41-26-14-11-23-38(41)47-32-29-44-35-18-6-2-7-19-35)42-27-15-12-24-39(42)48-33-30-45-36-20-8-3-9-21-36;26-5-1(6(27)14(35)21(42)13(5)34)25(2-7(28)15(36)22(43)16(37)8(2)29,3-9(30)17(38)23(44)18(39)10(3)31)4-11(32)19(40)24(45)20(41)12(4)33/h1-27H,28-33H2;/q+1;-1. The van der Waals surface area contributed by atoms with Crippen LogP contribution in [-0.4, -0.2) is 45.8 Å². The summed E-state index contributed by atoms with van der Waals surface area (Å²) >= 11 is 0. The van der Waals surface area contributed by atoms with E-state index in [4.69, 9.17) is 28.4 Å². The molecule has 94 heavy (non-hydrogen) atoms. The topological polar surface area (TPSA) is 55.4 Å². The summed E-state index contributed by atoms with van der Waals surface area (Å²) in [5.41, 5.74) is -14.3. The van der Waals surface area contributed by atoms with Crippen LogP contribution < -0.4 is 50.3 Å². The summed E-state index contributed by atoms with van der Waals surface area (Å²) in [5.74, 6) is -66.7. The van der Waals surface area contributed by atoms with Gasteiger partial charge >= 0.3 is 0 Å². The normalized spacial score (nSPS) is 11.3. The van der Waals surface area contributed by atoms with Crippen molar-refractivity contribution in [3.05, 3.63) is 280 Å². The van der Waals surface area contributed by atoms with Gasteiger partial charge in [-0.15, -0.1) is 21.9 Å². The lowest BCUT2D eigenvalue weighted by Crippen LogP contribution is -2.81. The number of hydrogen-bond donors (Lipinski definition) is 0. The van der Waals surface area contributed by atoms with Gasteiger partial charge in [-0.2, -0.15) is 0 Å². The van der Waals surface area contributed by atoms with E-state index in [0.29, 0.717) is 39.6 Å². The number of ether oxygens (including phenoxy) is 6. The third-order valence-corrected chi connectivity index (χ3v) is 16.3. The van der Waals surface area contributed by atoms with E-state index in [0.717, 1.165) is 49.2 Å². The smallest absolute Gasteiger partial charge is 0.208 e. The molecular weight excluding hydrogens is 1310 g/mol. The Morgan fingerprint density at radius 3 is 0.585 bits per heavy atom. The maximum absolute atomic E-state index is 15.4. The first-order chi connectivity index (χ1) is 45.1. The minimum absolute atomic E-state index is 0.382. The van der Waals surface area contributed by atoms with E-state index >= 15 is 35.1 Å². The van der Waals surface area contributed by atoms with E-state index in [1.54, 1.807) is 0 Å². The molecule has 0 radical (unpaired) electrons. The highest BCUT2D eigenvalue weighted by atomic mass is 32.2. The molecule has 0 aromatic heterocycles. The fourth-order valence-corrected chi connectivity index (χ4v) is 12.3. The van der Waals surface area contributed by atoms with Gasteiger partial charge in [-0.3, -0.25) is 0 Å². The monoisotopic (exact) mass is 1350 g/mol. The predicted molar refractivity (Wildman–Crippen MR) is 303 cm³/mol. The van der Waals surface area contributed by atoms with Crippen molar-refractivity contribution in [1.29, 1.82) is 0 Å². The number of para-hydroxylation sites is 6. The van der Waals surface area contributed by atoms with Crippen molar-refractivity contribution in [2.75, 3.05) is 39.6 Å². The van der Waals surface area contributed by atoms with Crippen molar-refractivity contribution < 1.29 is 116 Å². The van der Waals surface area contributed by atoms with Gasteiger partial charge in [0.25, 0.3) is 0 Å². The average Bonchev–Trinajstić information content (AvgIpc) is 0.682. The summed E-state index contributed by atoms with van der Waals surface area (Å²) in [6.45, 7) is 2.38. The van der Waals surface area contributed by atoms with Crippen LogP contribution in [-0.2, 0) is 10.9 Å². The van der Waals surface area contributed by atoms with Crippen molar-refractivity contribution >= 4 is 38.9 Å². The zero-order valence-electron chi connectivity index (χ0n) is 47.3. The molecule has 0 amide bonds. The van der Waals surface area contributed by atoms with Gasteiger partial charge in [-0.1, -0.05) is 91.0 Å². The Labute approximate surface area is 522 Å². The Bertz CT molecular complexity index is 3770. The van der Waals surface area contributed by atoms with E-state index in [1.165, 1.54) is 0 Å². The fraction of sp³-hybridized carbons (Fsp3) is 0.0909. The van der Waals surface area contributed by atoms with E-state index in [9.17, 15) is 52.7 Å². The molecule has 488 valence electrons. The van der Waals surface area contributed by atoms with Gasteiger partial charge in [0.1, 0.15) is 120 Å². The molecule has 0 unspecified atom stereocenters. The Hall–Kier alpha value is -9.99. The second kappa shape index (κ2) is 29.7. The lowest BCUT2D eigenvalue weighted by atomic mass is 9.12. The first-order valence-corrected chi connectivity index (χ1v) is 28.4. The summed E-state index contributed by atoms with van der Waals surface area (Å²) in [7, 11) is -0.671. The summed E-state index contributed by atoms with van der Waals surface area (Å²) in [6.07, 6.45) is -7.22. The van der Waals surface area contributed by atoms with Crippen LogP contribution in [0.3, 0.4) is 0 Å². The lowest BCUT2D eigenvalue weighted by Gasteiger charge is -2.44. The van der Waals surface area contributed by atoms with Gasteiger partial charge in [0.15, 0.2) is 87.1 Å². The molecule has 6 nitrogen and oxygen atoms in total. The summed E-state index contributed by atoms with van der Waals surface area (Å²) in [6, 6.07) is 53.7. The fourth-order valence-electron chi connectivity index (χ4n) is 9.93. The minimum atomic E-state index is -7.22. The van der Waals surface area contributed by atoms with Crippen LogP contribution in [0.25, 0.3) is 0 Å². The van der Waals surface area contributed by atoms with E-state index in [-0.39, 0.29) is 0 Å². The molecule has 0 heterocycles. The number of halogens is 20. The third kappa shape index (κ3) is 13.5. The largest absolute Gasteiger partial charge is 0.490 e. The van der Waals surface area contributed by atoms with Crippen molar-refractivity contribution in [1.82, 2.24) is 0 Å². The highest BCUT2D eigenvalue weighted by molar-refractivity contribution is 7.97. The van der Waals surface area contributed by atoms with Crippen LogP contribution in [0, 0.1) is 116 Å². The summed E-state index contributed by atoms with van der Waals surface area (Å²) in [4.78, 5) is 3.03. The molecule has 0 aliphatic carbocycles. The highest BCUT2D eigenvalue weighted by Crippen LogP contribution is 2.44. The van der Waals surface area contributed by atoms with Crippen LogP contribution in [0.2, 0.25) is 0 Å². The van der Waals surface area contributed by atoms with Crippen LogP contribution in [0.4, 0.5) is 87.8 Å². The first-order valence-electron chi connectivity index (χ1n) is 27.2. The SMILES string of the molecule is Fc1c(F)c(F)c([B-](c2c(F)c(F)c(F)c(F)c2F)(c2c(F)c(F)c(F)c(F)c2F)c2c(F)c(F)c(F)c(F)c2F)c(F)c1F.c1ccc(OCCOc2ccccc2[S+](c2ccccc2OCCOc2ccccc2)c2ccccc2OCCOc2ccccc2)cc1. The molecule has 0 aliphatic heterocycles. The van der Waals surface area contributed by atoms with E-state index in [2.05, 4.69) is 18.2 Å². The van der Waals surface area contributed by atoms with E-state index < -0.39 is 155 Å². The van der Waals surface area contributed by atoms with Crippen LogP contribution in [0.5, 0.6) is 34.5 Å². The molecule has 0 saturated carbocycles. The molecule has 0 fully saturated rings. The Balaban J connectivity index is 0.000000222. The quantitative estimate of drug-likeness (QED) is 0.0168. The minimum Gasteiger partial charge on any atom is -0.490 e. The van der Waals surface area contributed by atoms with Crippen LogP contribution in [0.1, 0.15) is 0 Å². The zero-order valence-corrected chi connectivity index (χ0v) is 48.1. The molecule has 0 aliphatic rings. The molecule has 10 rings (SSSR count). The predicted octanol–water partition coefficient (Wildman–Crippen LogP) is 15.0. The first kappa shape index (κ1) is 68.4. The Morgan fingerprint density at radius 2 is 0.372 bits per heavy atom. The van der Waals surface area contributed by atoms with Gasteiger partial charge in [0, 0.05) is 0 Å². The second-order valence-corrected chi connectivity index (χ2v) is 21.4. The van der Waals surface area contributed by atoms with Gasteiger partial charge in [-0.05, 0) is 72.8 Å². The van der Waals surface area contributed by atoms with Crippen molar-refractivity contribution in [2.45, 2.75) is 14.7 Å². The molecule has 0 saturated heterocycles. The zero-order chi connectivity index (χ0) is 67.7.